The summed E-state index contributed by atoms with van der Waals surface area (Å²) < 4.78 is 92.7. The lowest BCUT2D eigenvalue weighted by atomic mass is 8.82. The summed E-state index contributed by atoms with van der Waals surface area (Å²) in [5, 5.41) is 2.17. The van der Waals surface area contributed by atoms with Gasteiger partial charge in [-0.1, -0.05) is 11.2 Å². The molecular weight excluding hydrogens is 670 g/mol. The number of halogens is 6. The predicted octanol–water partition coefficient (Wildman–Crippen LogP) is 3.25. The molecule has 21 heteroatoms. The third kappa shape index (κ3) is 5.52. The number of ether oxygens (including phenoxy) is 1. The highest BCUT2D eigenvalue weighted by molar-refractivity contribution is 7.00. The largest absolute Gasteiger partial charge is 0.496 e. The van der Waals surface area contributed by atoms with Crippen molar-refractivity contribution in [1.29, 1.82) is 0 Å². The SMILES string of the molecule is [B]C1([B])[B]C2([B])[B]C([B])([B])C12NC(=O)c1cc(-c2cc3c(C(=O)NC)c(-c4ccc(F)cc4)oc3nc2NCC(F)(F)C(F)(F)F)ccc1OC. The highest BCUT2D eigenvalue weighted by Crippen LogP contribution is 2.76. The van der Waals surface area contributed by atoms with Crippen LogP contribution in [0.15, 0.2) is 52.9 Å². The molecule has 12 radical (unpaired) electrons. The number of anilines is 1. The fraction of sp³-hybridized carbons (Fsp3) is 0.300. The van der Waals surface area contributed by atoms with E-state index < -0.39 is 63.0 Å². The first-order valence-corrected chi connectivity index (χ1v) is 15.0. The molecule has 6 rings (SSSR count). The molecule has 0 saturated carbocycles. The van der Waals surface area contributed by atoms with Crippen LogP contribution in [0.4, 0.5) is 32.2 Å². The molecule has 246 valence electrons. The van der Waals surface area contributed by atoms with Gasteiger partial charge in [0.25, 0.3) is 11.8 Å². The van der Waals surface area contributed by atoms with Gasteiger partial charge in [-0.2, -0.15) is 26.9 Å². The lowest BCUT2D eigenvalue weighted by molar-refractivity contribution is -0.275. The number of alkyl halides is 5. The Labute approximate surface area is 295 Å². The molecule has 2 saturated heterocycles. The first kappa shape index (κ1) is 36.5. The second-order valence-electron chi connectivity index (χ2n) is 12.4. The van der Waals surface area contributed by atoms with Gasteiger partial charge in [0, 0.05) is 18.2 Å². The van der Waals surface area contributed by atoms with Gasteiger partial charge in [-0.15, -0.1) is 10.2 Å². The van der Waals surface area contributed by atoms with Crippen LogP contribution in [0.25, 0.3) is 33.6 Å². The molecule has 0 atom stereocenters. The Hall–Kier alpha value is -4.30. The minimum absolute atomic E-state index is 0.00691. The number of methoxy groups -OCH3 is 1. The molecule has 8 nitrogen and oxygen atoms in total. The van der Waals surface area contributed by atoms with Crippen LogP contribution in [0.3, 0.4) is 0 Å². The fourth-order valence-electron chi connectivity index (χ4n) is 6.68. The Kier molecular flexibility index (Phi) is 8.50. The monoisotopic (exact) mass is 690 g/mol. The molecule has 2 aliphatic rings. The van der Waals surface area contributed by atoms with E-state index in [1.54, 1.807) is 0 Å². The van der Waals surface area contributed by atoms with Crippen molar-refractivity contribution < 1.29 is 45.1 Å². The highest BCUT2D eigenvalue weighted by atomic mass is 19.4. The number of carbonyl (C=O) groups is 2. The molecule has 0 spiro atoms. The summed E-state index contributed by atoms with van der Waals surface area (Å²) in [6.45, 7) is -1.95. The number of amides is 2. The van der Waals surface area contributed by atoms with Crippen molar-refractivity contribution in [3.05, 3.63) is 65.5 Å². The van der Waals surface area contributed by atoms with E-state index in [4.69, 9.17) is 48.4 Å². The van der Waals surface area contributed by atoms with Gasteiger partial charge in [0.2, 0.25) is 5.71 Å². The normalized spacial score (nSPS) is 21.6. The summed E-state index contributed by atoms with van der Waals surface area (Å²) in [4.78, 5) is 31.3. The van der Waals surface area contributed by atoms with Crippen LogP contribution in [0.5, 0.6) is 5.75 Å². The summed E-state index contributed by atoms with van der Waals surface area (Å²) in [7, 11) is 36.4. The minimum Gasteiger partial charge on any atom is -0.496 e. The van der Waals surface area contributed by atoms with Gasteiger partial charge in [0.1, 0.15) is 23.1 Å². The van der Waals surface area contributed by atoms with Crippen LogP contribution in [-0.4, -0.2) is 109 Å². The van der Waals surface area contributed by atoms with Gasteiger partial charge < -0.3 is 25.1 Å². The van der Waals surface area contributed by atoms with Crippen LogP contribution in [0.2, 0.25) is 15.3 Å². The highest BCUT2D eigenvalue weighted by Gasteiger charge is 2.78. The van der Waals surface area contributed by atoms with Gasteiger partial charge in [0.05, 0.1) is 84.0 Å². The maximum absolute atomic E-state index is 14.1. The van der Waals surface area contributed by atoms with Crippen molar-refractivity contribution in [2.75, 3.05) is 26.0 Å². The summed E-state index contributed by atoms with van der Waals surface area (Å²) in [6, 6.07) is 9.95. The zero-order chi connectivity index (χ0) is 37.5. The van der Waals surface area contributed by atoms with Crippen LogP contribution in [0.1, 0.15) is 20.7 Å². The molecule has 0 bridgehead atoms. The lowest BCUT2D eigenvalue weighted by Crippen LogP contribution is -2.91. The number of nitrogens with zero attached hydrogens (tertiary/aromatic N) is 1. The zero-order valence-corrected chi connectivity index (χ0v) is 26.7. The van der Waals surface area contributed by atoms with Crippen molar-refractivity contribution in [3.8, 4) is 28.2 Å². The summed E-state index contributed by atoms with van der Waals surface area (Å²) >= 11 is 0. The molecule has 51 heavy (non-hydrogen) atoms. The van der Waals surface area contributed by atoms with Crippen molar-refractivity contribution >= 4 is 82.5 Å². The Balaban J connectivity index is 1.52. The van der Waals surface area contributed by atoms with Gasteiger partial charge in [0.15, 0.2) is 0 Å². The van der Waals surface area contributed by atoms with Crippen molar-refractivity contribution in [2.24, 2.45) is 0 Å². The second kappa shape index (κ2) is 11.9. The first-order valence-electron chi connectivity index (χ1n) is 15.0. The Morgan fingerprint density at radius 3 is 2.06 bits per heavy atom. The van der Waals surface area contributed by atoms with Crippen molar-refractivity contribution in [3.63, 3.8) is 0 Å². The van der Waals surface area contributed by atoms with Gasteiger partial charge >= 0.3 is 12.1 Å². The maximum atomic E-state index is 14.1. The predicted molar refractivity (Wildman–Crippen MR) is 183 cm³/mol. The molecule has 2 amide bonds. The average molecular weight is 689 g/mol. The number of aromatic nitrogens is 1. The number of hydrogen-bond acceptors (Lipinski definition) is 6. The lowest BCUT2D eigenvalue weighted by Gasteiger charge is -2.85. The smallest absolute Gasteiger partial charge is 0.455 e. The summed E-state index contributed by atoms with van der Waals surface area (Å²) in [5.74, 6) is -8.07. The van der Waals surface area contributed by atoms with Crippen LogP contribution >= 0.6 is 0 Å². The van der Waals surface area contributed by atoms with E-state index >= 15 is 0 Å². The van der Waals surface area contributed by atoms with E-state index in [0.29, 0.717) is 0 Å². The summed E-state index contributed by atoms with van der Waals surface area (Å²) in [5.41, 5.74) is -2.35. The molecule has 0 unspecified atom stereocenters. The molecule has 4 heterocycles. The molecule has 0 aliphatic carbocycles. The number of pyridine rings is 1. The summed E-state index contributed by atoms with van der Waals surface area (Å²) in [6.07, 6.45) is -5.92. The van der Waals surface area contributed by atoms with Gasteiger partial charge in [-0.3, -0.25) is 9.59 Å². The molecule has 3 N–H and O–H groups in total. The molecule has 2 fully saturated rings. The second-order valence-corrected chi connectivity index (χ2v) is 12.4. The molecule has 2 aromatic heterocycles. The van der Waals surface area contributed by atoms with Crippen LogP contribution in [-0.2, 0) is 0 Å². The average Bonchev–Trinajstić information content (AvgIpc) is 3.42. The van der Waals surface area contributed by atoms with Crippen LogP contribution < -0.4 is 20.7 Å². The zero-order valence-electron chi connectivity index (χ0n) is 26.7. The number of benzene rings is 2. The minimum atomic E-state index is -5.92. The van der Waals surface area contributed by atoms with E-state index in [0.717, 1.165) is 12.1 Å². The number of hydrogen-bond donors (Lipinski definition) is 3. The van der Waals surface area contributed by atoms with E-state index in [1.807, 2.05) is 5.32 Å². The number of nitrogens with one attached hydrogen (secondary N) is 3. The van der Waals surface area contributed by atoms with Gasteiger partial charge in [-0.05, 0) is 53.6 Å². The molecule has 4 aromatic rings. The number of furan rings is 1. The molecule has 2 aromatic carbocycles. The van der Waals surface area contributed by atoms with Crippen molar-refractivity contribution in [2.45, 2.75) is 33.0 Å². The van der Waals surface area contributed by atoms with Crippen LogP contribution in [0, 0.1) is 5.82 Å². The Bertz CT molecular complexity index is 2040. The number of rotatable bonds is 9. The quantitative estimate of drug-likeness (QED) is 0.184. The standard InChI is InChI=1S/C30H19B7F6N4O4/c1-44-23(49)19-17-10-15(21(45-11-25(39,40)30(41,42)43)46-24(17)51-20(19)12-3-6-14(38)7-4-12)13-5-8-18(50-2)16(9-13)22(48)47-26-27(31,32)36-29(26,35)37-28(26,33)34/h3-10H,11H2,1-2H3,(H,44,49)(H,45,46)(H,47,48). The topological polar surface area (TPSA) is 105 Å². The Morgan fingerprint density at radius 2 is 1.53 bits per heavy atom. The maximum Gasteiger partial charge on any atom is 0.455 e. The van der Waals surface area contributed by atoms with Gasteiger partial charge in [-0.25, -0.2) is 4.39 Å². The first-order chi connectivity index (χ1) is 23.6. The molecule has 2 aliphatic heterocycles. The van der Waals surface area contributed by atoms with E-state index in [2.05, 4.69) is 15.6 Å². The third-order valence-corrected chi connectivity index (χ3v) is 9.10. The third-order valence-electron chi connectivity index (χ3n) is 9.10. The van der Waals surface area contributed by atoms with E-state index in [-0.39, 0.29) is 50.4 Å². The van der Waals surface area contributed by atoms with E-state index in [9.17, 15) is 35.9 Å². The van der Waals surface area contributed by atoms with E-state index in [1.165, 1.54) is 65.1 Å². The fourth-order valence-corrected chi connectivity index (χ4v) is 6.68. The number of carbonyl (C=O) groups excluding carboxylic acids is 2. The Morgan fingerprint density at radius 1 is 0.922 bits per heavy atom. The molecular formula is C30H19B7F6N4O4. The van der Waals surface area contributed by atoms with Crippen molar-refractivity contribution in [1.82, 2.24) is 15.6 Å². The number of fused-ring (bicyclic) bond motifs is 2.